The average molecular weight is 191 g/mol. The second-order valence-corrected chi connectivity index (χ2v) is 2.50. The van der Waals surface area contributed by atoms with Gasteiger partial charge in [-0.25, -0.2) is 0 Å². The van der Waals surface area contributed by atoms with Crippen LogP contribution in [0.2, 0.25) is 0 Å². The molecule has 0 saturated carbocycles. The van der Waals surface area contributed by atoms with Crippen molar-refractivity contribution < 1.29 is 0 Å². The van der Waals surface area contributed by atoms with Crippen LogP contribution in [0.4, 0.5) is 0 Å². The third kappa shape index (κ3) is 32.3. The minimum atomic E-state index is 0.997. The van der Waals surface area contributed by atoms with E-state index in [0.717, 1.165) is 6.54 Å². The van der Waals surface area contributed by atoms with Gasteiger partial charge in [-0.1, -0.05) is 27.7 Å². The Labute approximate surface area is 83.1 Å². The summed E-state index contributed by atoms with van der Waals surface area (Å²) in [5, 5.41) is 0. The lowest BCUT2D eigenvalue weighted by atomic mass is 10.5. The van der Waals surface area contributed by atoms with Gasteiger partial charge in [-0.3, -0.25) is 4.99 Å². The third-order valence-electron chi connectivity index (χ3n) is 0.818. The van der Waals surface area contributed by atoms with E-state index in [-0.39, 0.29) is 0 Å². The van der Waals surface area contributed by atoms with Crippen LogP contribution in [0.5, 0.6) is 0 Å². The minimum absolute atomic E-state index is 0.997. The second kappa shape index (κ2) is 30.5. The van der Waals surface area contributed by atoms with Crippen molar-refractivity contribution in [2.45, 2.75) is 41.0 Å². The molecular weight excluding hydrogens is 166 g/mol. The van der Waals surface area contributed by atoms with Gasteiger partial charge in [0.2, 0.25) is 0 Å². The van der Waals surface area contributed by atoms with Gasteiger partial charge in [0.25, 0.3) is 0 Å². The number of hydrogen-bond donors (Lipinski definition) is 0. The van der Waals surface area contributed by atoms with Crippen molar-refractivity contribution >= 4 is 18.0 Å². The standard InChI is InChI=1S/C6H13NS.2C2H6/c1-3-7-5-4-6-8-2;2*1-2/h3H,4-6H2,1-2H3;2*1-2H3. The maximum atomic E-state index is 4.07. The van der Waals surface area contributed by atoms with E-state index in [2.05, 4.69) is 11.2 Å². The van der Waals surface area contributed by atoms with E-state index in [4.69, 9.17) is 0 Å². The van der Waals surface area contributed by atoms with Gasteiger partial charge in [0.05, 0.1) is 0 Å². The molecule has 0 rings (SSSR count). The predicted octanol–water partition coefficient (Wildman–Crippen LogP) is 3.88. The number of aliphatic imine (C=N–C) groups is 1. The van der Waals surface area contributed by atoms with Gasteiger partial charge in [0.1, 0.15) is 0 Å². The molecule has 0 heterocycles. The van der Waals surface area contributed by atoms with Gasteiger partial charge >= 0.3 is 0 Å². The van der Waals surface area contributed by atoms with E-state index >= 15 is 0 Å². The Morgan fingerprint density at radius 3 is 2.00 bits per heavy atom. The summed E-state index contributed by atoms with van der Waals surface area (Å²) in [4.78, 5) is 4.07. The summed E-state index contributed by atoms with van der Waals surface area (Å²) >= 11 is 1.88. The molecule has 0 aliphatic rings. The molecule has 0 aromatic heterocycles. The molecule has 0 radical (unpaired) electrons. The zero-order valence-electron chi connectivity index (χ0n) is 9.55. The lowest BCUT2D eigenvalue weighted by Crippen LogP contribution is -1.82. The summed E-state index contributed by atoms with van der Waals surface area (Å²) in [6.45, 7) is 11.0. The molecule has 0 amide bonds. The molecule has 0 aliphatic heterocycles. The SMILES string of the molecule is CC.CC.CC=NCCCSC. The van der Waals surface area contributed by atoms with Crippen molar-refractivity contribution in [3.05, 3.63) is 0 Å². The third-order valence-corrected chi connectivity index (χ3v) is 1.52. The van der Waals surface area contributed by atoms with Crippen molar-refractivity contribution in [3.8, 4) is 0 Å². The Balaban J connectivity index is -0.000000175. The molecule has 0 aromatic carbocycles. The highest BCUT2D eigenvalue weighted by Gasteiger charge is 1.79. The Kier molecular flexibility index (Phi) is 45.6. The first-order valence-electron chi connectivity index (χ1n) is 4.85. The molecular formula is C10H25NS. The van der Waals surface area contributed by atoms with Gasteiger partial charge in [0.15, 0.2) is 0 Å². The number of nitrogens with zero attached hydrogens (tertiary/aromatic N) is 1. The van der Waals surface area contributed by atoms with Gasteiger partial charge < -0.3 is 0 Å². The second-order valence-electron chi connectivity index (χ2n) is 1.51. The van der Waals surface area contributed by atoms with E-state index in [1.807, 2.05) is 52.6 Å². The van der Waals surface area contributed by atoms with E-state index in [1.54, 1.807) is 0 Å². The largest absolute Gasteiger partial charge is 0.298 e. The molecule has 12 heavy (non-hydrogen) atoms. The first-order chi connectivity index (χ1) is 5.91. The minimum Gasteiger partial charge on any atom is -0.298 e. The van der Waals surface area contributed by atoms with E-state index in [9.17, 15) is 0 Å². The molecule has 0 atom stereocenters. The Hall–Kier alpha value is 0.0200. The van der Waals surface area contributed by atoms with Crippen molar-refractivity contribution in [2.24, 2.45) is 4.99 Å². The molecule has 0 saturated heterocycles. The lowest BCUT2D eigenvalue weighted by molar-refractivity contribution is 0.948. The molecule has 0 fully saturated rings. The molecule has 0 bridgehead atoms. The summed E-state index contributed by atoms with van der Waals surface area (Å²) in [5.41, 5.74) is 0. The van der Waals surface area contributed by atoms with Crippen molar-refractivity contribution in [2.75, 3.05) is 18.6 Å². The maximum absolute atomic E-state index is 4.07. The van der Waals surface area contributed by atoms with Crippen molar-refractivity contribution in [1.29, 1.82) is 0 Å². The van der Waals surface area contributed by atoms with Gasteiger partial charge in [-0.05, 0) is 31.6 Å². The summed E-state index contributed by atoms with van der Waals surface area (Å²) in [6, 6.07) is 0. The number of thioether (sulfide) groups is 1. The Morgan fingerprint density at radius 1 is 1.17 bits per heavy atom. The van der Waals surface area contributed by atoms with E-state index in [1.165, 1.54) is 12.2 Å². The van der Waals surface area contributed by atoms with Crippen LogP contribution in [0.3, 0.4) is 0 Å². The van der Waals surface area contributed by atoms with E-state index in [0.29, 0.717) is 0 Å². The molecule has 0 aromatic rings. The molecule has 0 spiro atoms. The van der Waals surface area contributed by atoms with Crippen LogP contribution in [0.15, 0.2) is 4.99 Å². The quantitative estimate of drug-likeness (QED) is 0.485. The van der Waals surface area contributed by atoms with Crippen LogP contribution in [0.25, 0.3) is 0 Å². The molecule has 0 unspecified atom stereocenters. The first kappa shape index (κ1) is 17.9. The van der Waals surface area contributed by atoms with Crippen LogP contribution in [-0.4, -0.2) is 24.8 Å². The summed E-state index contributed by atoms with van der Waals surface area (Å²) in [6.07, 6.45) is 5.20. The van der Waals surface area contributed by atoms with Gasteiger partial charge in [-0.2, -0.15) is 11.8 Å². The monoisotopic (exact) mass is 191 g/mol. The van der Waals surface area contributed by atoms with E-state index < -0.39 is 0 Å². The Bertz CT molecular complexity index is 62.9. The van der Waals surface area contributed by atoms with Crippen LogP contribution in [0, 0.1) is 0 Å². The van der Waals surface area contributed by atoms with Crippen molar-refractivity contribution in [1.82, 2.24) is 0 Å². The van der Waals surface area contributed by atoms with Crippen LogP contribution in [-0.2, 0) is 0 Å². The molecule has 76 valence electrons. The van der Waals surface area contributed by atoms with Gasteiger partial charge in [-0.15, -0.1) is 0 Å². The topological polar surface area (TPSA) is 12.4 Å². The fourth-order valence-corrected chi connectivity index (χ4v) is 0.847. The summed E-state index contributed by atoms with van der Waals surface area (Å²) in [7, 11) is 0. The van der Waals surface area contributed by atoms with Crippen LogP contribution >= 0.6 is 11.8 Å². The first-order valence-corrected chi connectivity index (χ1v) is 6.24. The molecule has 0 N–H and O–H groups in total. The summed E-state index contributed by atoms with van der Waals surface area (Å²) < 4.78 is 0. The zero-order chi connectivity index (χ0) is 10.2. The lowest BCUT2D eigenvalue weighted by Gasteiger charge is -1.89. The highest BCUT2D eigenvalue weighted by molar-refractivity contribution is 7.98. The molecule has 0 aliphatic carbocycles. The highest BCUT2D eigenvalue weighted by Crippen LogP contribution is 1.94. The molecule has 2 heteroatoms. The fraction of sp³-hybridized carbons (Fsp3) is 0.900. The Morgan fingerprint density at radius 2 is 1.67 bits per heavy atom. The van der Waals surface area contributed by atoms with Gasteiger partial charge in [0, 0.05) is 6.54 Å². The average Bonchev–Trinajstić information content (AvgIpc) is 2.19. The summed E-state index contributed by atoms with van der Waals surface area (Å²) in [5.74, 6) is 1.23. The number of rotatable bonds is 4. The normalized spacial score (nSPS) is 8.17. The number of hydrogen-bond acceptors (Lipinski definition) is 2. The zero-order valence-corrected chi connectivity index (χ0v) is 10.4. The predicted molar refractivity (Wildman–Crippen MR) is 64.7 cm³/mol. The highest BCUT2D eigenvalue weighted by atomic mass is 32.2. The van der Waals surface area contributed by atoms with Crippen LogP contribution in [0.1, 0.15) is 41.0 Å². The molecule has 1 nitrogen and oxygen atoms in total. The maximum Gasteiger partial charge on any atom is 0.0393 e. The fourth-order valence-electron chi connectivity index (χ4n) is 0.429. The van der Waals surface area contributed by atoms with Crippen molar-refractivity contribution in [3.63, 3.8) is 0 Å². The van der Waals surface area contributed by atoms with Crippen LogP contribution < -0.4 is 0 Å². The smallest absolute Gasteiger partial charge is 0.0393 e.